The van der Waals surface area contributed by atoms with E-state index in [1.54, 1.807) is 22.9 Å². The van der Waals surface area contributed by atoms with E-state index in [1.807, 2.05) is 6.07 Å². The summed E-state index contributed by atoms with van der Waals surface area (Å²) in [4.78, 5) is 4.13. The number of aliphatic hydroxyl groups excluding tert-OH is 1. The molecule has 2 aromatic heterocycles. The van der Waals surface area contributed by atoms with E-state index in [9.17, 15) is 0 Å². The molecular formula is C8H9N3O. The smallest absolute Gasteiger partial charge is 0.137 e. The molecule has 0 aliphatic heterocycles. The van der Waals surface area contributed by atoms with Crippen molar-refractivity contribution in [2.45, 2.75) is 6.61 Å². The maximum Gasteiger partial charge on any atom is 0.137 e. The van der Waals surface area contributed by atoms with Gasteiger partial charge in [0.1, 0.15) is 5.65 Å². The molecule has 2 rings (SSSR count). The molecular weight excluding hydrogens is 154 g/mol. The van der Waals surface area contributed by atoms with Gasteiger partial charge in [0.15, 0.2) is 0 Å². The Morgan fingerprint density at radius 1 is 1.42 bits per heavy atom. The summed E-state index contributed by atoms with van der Waals surface area (Å²) in [5, 5.41) is 8.80. The monoisotopic (exact) mass is 163 g/mol. The fourth-order valence-electron chi connectivity index (χ4n) is 1.14. The van der Waals surface area contributed by atoms with Crippen molar-refractivity contribution in [1.29, 1.82) is 0 Å². The summed E-state index contributed by atoms with van der Waals surface area (Å²) in [5.41, 5.74) is 7.70. The van der Waals surface area contributed by atoms with Crippen LogP contribution in [0.5, 0.6) is 0 Å². The molecule has 0 saturated heterocycles. The van der Waals surface area contributed by atoms with Gasteiger partial charge in [0, 0.05) is 18.1 Å². The summed E-state index contributed by atoms with van der Waals surface area (Å²) in [6.07, 6.45) is 3.52. The van der Waals surface area contributed by atoms with E-state index in [0.29, 0.717) is 11.4 Å². The molecule has 0 radical (unpaired) electrons. The van der Waals surface area contributed by atoms with Crippen molar-refractivity contribution in [2.75, 3.05) is 5.73 Å². The predicted octanol–water partition coefficient (Wildman–Crippen LogP) is 0.409. The molecule has 0 aliphatic carbocycles. The van der Waals surface area contributed by atoms with Crippen LogP contribution in [-0.2, 0) is 6.61 Å². The van der Waals surface area contributed by atoms with Crippen molar-refractivity contribution in [3.8, 4) is 0 Å². The van der Waals surface area contributed by atoms with Gasteiger partial charge in [0.25, 0.3) is 0 Å². The third-order valence-corrected chi connectivity index (χ3v) is 1.69. The van der Waals surface area contributed by atoms with Crippen molar-refractivity contribution in [1.82, 2.24) is 9.38 Å². The van der Waals surface area contributed by atoms with Crippen molar-refractivity contribution in [3.63, 3.8) is 0 Å². The second kappa shape index (κ2) is 2.49. The molecule has 0 aliphatic rings. The third-order valence-electron chi connectivity index (χ3n) is 1.69. The van der Waals surface area contributed by atoms with E-state index in [-0.39, 0.29) is 6.61 Å². The molecule has 0 amide bonds. The zero-order chi connectivity index (χ0) is 8.55. The fraction of sp³-hybridized carbons (Fsp3) is 0.125. The lowest BCUT2D eigenvalue weighted by molar-refractivity contribution is 0.277. The first kappa shape index (κ1) is 7.12. The van der Waals surface area contributed by atoms with Crippen LogP contribution in [0.1, 0.15) is 5.69 Å². The van der Waals surface area contributed by atoms with Gasteiger partial charge in [-0.2, -0.15) is 0 Å². The molecule has 0 saturated carbocycles. The largest absolute Gasteiger partial charge is 0.398 e. The van der Waals surface area contributed by atoms with Crippen LogP contribution in [-0.4, -0.2) is 14.5 Å². The number of hydrogen-bond donors (Lipinski definition) is 2. The molecule has 62 valence electrons. The number of aliphatic hydroxyl groups is 1. The van der Waals surface area contributed by atoms with Crippen LogP contribution in [0.3, 0.4) is 0 Å². The van der Waals surface area contributed by atoms with Crippen LogP contribution < -0.4 is 5.73 Å². The lowest BCUT2D eigenvalue weighted by atomic mass is 10.4. The summed E-state index contributed by atoms with van der Waals surface area (Å²) >= 11 is 0. The lowest BCUT2D eigenvalue weighted by Crippen LogP contribution is -1.88. The first-order chi connectivity index (χ1) is 5.79. The number of imidazole rings is 1. The van der Waals surface area contributed by atoms with Gasteiger partial charge in [-0.05, 0) is 12.1 Å². The van der Waals surface area contributed by atoms with Gasteiger partial charge in [-0.25, -0.2) is 4.98 Å². The molecule has 0 atom stereocenters. The van der Waals surface area contributed by atoms with Crippen molar-refractivity contribution < 1.29 is 5.11 Å². The summed E-state index contributed by atoms with van der Waals surface area (Å²) < 4.78 is 1.79. The Bertz CT molecular complexity index is 408. The van der Waals surface area contributed by atoms with Gasteiger partial charge in [0.05, 0.1) is 12.3 Å². The molecule has 3 N–H and O–H groups in total. The lowest BCUT2D eigenvalue weighted by Gasteiger charge is -1.93. The second-order valence-corrected chi connectivity index (χ2v) is 2.62. The third kappa shape index (κ3) is 1.02. The molecule has 2 heterocycles. The molecule has 12 heavy (non-hydrogen) atoms. The normalized spacial score (nSPS) is 10.8. The minimum absolute atomic E-state index is 0.0401. The highest BCUT2D eigenvalue weighted by Crippen LogP contribution is 2.08. The quantitative estimate of drug-likeness (QED) is 0.640. The zero-order valence-electron chi connectivity index (χ0n) is 6.44. The SMILES string of the molecule is Nc1ccc2nc(CO)cn2c1. The Hall–Kier alpha value is -1.55. The number of hydrogen-bond acceptors (Lipinski definition) is 3. The Morgan fingerprint density at radius 3 is 3.00 bits per heavy atom. The molecule has 0 spiro atoms. The number of anilines is 1. The van der Waals surface area contributed by atoms with Gasteiger partial charge in [-0.15, -0.1) is 0 Å². The second-order valence-electron chi connectivity index (χ2n) is 2.62. The number of nitrogen functional groups attached to an aromatic ring is 1. The van der Waals surface area contributed by atoms with E-state index in [4.69, 9.17) is 10.8 Å². The molecule has 0 aromatic carbocycles. The van der Waals surface area contributed by atoms with Gasteiger partial charge in [-0.1, -0.05) is 0 Å². The number of nitrogens with zero attached hydrogens (tertiary/aromatic N) is 2. The van der Waals surface area contributed by atoms with E-state index in [1.165, 1.54) is 0 Å². The Balaban J connectivity index is 2.67. The van der Waals surface area contributed by atoms with Gasteiger partial charge >= 0.3 is 0 Å². The van der Waals surface area contributed by atoms with E-state index < -0.39 is 0 Å². The van der Waals surface area contributed by atoms with Crippen LogP contribution >= 0.6 is 0 Å². The van der Waals surface area contributed by atoms with Gasteiger partial charge in [-0.3, -0.25) is 0 Å². The first-order valence-corrected chi connectivity index (χ1v) is 3.63. The summed E-state index contributed by atoms with van der Waals surface area (Å²) in [5.74, 6) is 0. The highest BCUT2D eigenvalue weighted by Gasteiger charge is 1.98. The molecule has 0 fully saturated rings. The maximum absolute atomic E-state index is 8.80. The molecule has 4 heteroatoms. The Morgan fingerprint density at radius 2 is 2.25 bits per heavy atom. The Kier molecular flexibility index (Phi) is 1.48. The highest BCUT2D eigenvalue weighted by atomic mass is 16.3. The van der Waals surface area contributed by atoms with Crippen molar-refractivity contribution >= 4 is 11.3 Å². The minimum Gasteiger partial charge on any atom is -0.398 e. The molecule has 0 bridgehead atoms. The van der Waals surface area contributed by atoms with Gasteiger partial charge < -0.3 is 15.2 Å². The summed E-state index contributed by atoms with van der Waals surface area (Å²) in [7, 11) is 0. The average molecular weight is 163 g/mol. The maximum atomic E-state index is 8.80. The number of aromatic nitrogens is 2. The van der Waals surface area contributed by atoms with E-state index in [2.05, 4.69) is 4.98 Å². The van der Waals surface area contributed by atoms with Crippen LogP contribution in [0, 0.1) is 0 Å². The zero-order valence-corrected chi connectivity index (χ0v) is 6.44. The molecule has 2 aromatic rings. The topological polar surface area (TPSA) is 63.5 Å². The van der Waals surface area contributed by atoms with E-state index >= 15 is 0 Å². The number of nitrogens with two attached hydrogens (primary N) is 1. The van der Waals surface area contributed by atoms with Gasteiger partial charge in [0.2, 0.25) is 0 Å². The van der Waals surface area contributed by atoms with Crippen LogP contribution in [0.2, 0.25) is 0 Å². The number of pyridine rings is 1. The average Bonchev–Trinajstić information content (AvgIpc) is 2.46. The van der Waals surface area contributed by atoms with E-state index in [0.717, 1.165) is 5.65 Å². The minimum atomic E-state index is -0.0401. The van der Waals surface area contributed by atoms with Crippen LogP contribution in [0.15, 0.2) is 24.5 Å². The molecule has 0 unspecified atom stereocenters. The highest BCUT2D eigenvalue weighted by molar-refractivity contribution is 5.47. The van der Waals surface area contributed by atoms with Crippen molar-refractivity contribution in [2.24, 2.45) is 0 Å². The van der Waals surface area contributed by atoms with Crippen molar-refractivity contribution in [3.05, 3.63) is 30.2 Å². The van der Waals surface area contributed by atoms with Crippen LogP contribution in [0.4, 0.5) is 5.69 Å². The first-order valence-electron chi connectivity index (χ1n) is 3.63. The number of rotatable bonds is 1. The van der Waals surface area contributed by atoms with Crippen LogP contribution in [0.25, 0.3) is 5.65 Å². The fourth-order valence-corrected chi connectivity index (χ4v) is 1.14. The summed E-state index contributed by atoms with van der Waals surface area (Å²) in [6, 6.07) is 3.60. The molecule has 4 nitrogen and oxygen atoms in total. The summed E-state index contributed by atoms with van der Waals surface area (Å²) in [6.45, 7) is -0.0401. The Labute approximate surface area is 69.3 Å². The predicted molar refractivity (Wildman–Crippen MR) is 45.5 cm³/mol. The number of fused-ring (bicyclic) bond motifs is 1. The standard InChI is InChI=1S/C8H9N3O/c9-6-1-2-8-10-7(5-12)4-11(8)3-6/h1-4,12H,5,9H2.